The van der Waals surface area contributed by atoms with Crippen molar-refractivity contribution in [2.24, 2.45) is 0 Å². The number of carbonyl (C=O) groups is 1. The van der Waals surface area contributed by atoms with Gasteiger partial charge < -0.3 is 9.84 Å². The molecule has 1 N–H and O–H groups in total. The van der Waals surface area contributed by atoms with Crippen LogP contribution in [0, 0.1) is 0 Å². The number of pyridine rings is 1. The monoisotopic (exact) mass is 277 g/mol. The summed E-state index contributed by atoms with van der Waals surface area (Å²) in [7, 11) is 0. The summed E-state index contributed by atoms with van der Waals surface area (Å²) in [6.45, 7) is 2.03. The van der Waals surface area contributed by atoms with Crippen molar-refractivity contribution >= 4 is 17.6 Å². The van der Waals surface area contributed by atoms with Gasteiger partial charge in [-0.05, 0) is 30.2 Å². The van der Waals surface area contributed by atoms with Gasteiger partial charge in [-0.3, -0.25) is 0 Å². The Balaban J connectivity index is 2.34. The lowest BCUT2D eigenvalue weighted by Crippen LogP contribution is -2.02. The fourth-order valence-corrected chi connectivity index (χ4v) is 1.76. The van der Waals surface area contributed by atoms with Gasteiger partial charge in [0.25, 0.3) is 0 Å². The van der Waals surface area contributed by atoms with Crippen molar-refractivity contribution in [1.29, 1.82) is 0 Å². The summed E-state index contributed by atoms with van der Waals surface area (Å²) in [4.78, 5) is 15.0. The molecule has 0 saturated heterocycles. The molecular formula is C14H12ClNO3. The Morgan fingerprint density at radius 2 is 2.21 bits per heavy atom. The highest BCUT2D eigenvalue weighted by Crippen LogP contribution is 2.26. The Labute approximate surface area is 115 Å². The van der Waals surface area contributed by atoms with Crippen molar-refractivity contribution in [3.05, 3.63) is 52.7 Å². The molecule has 2 aromatic rings. The van der Waals surface area contributed by atoms with E-state index in [2.05, 4.69) is 4.98 Å². The molecule has 0 aliphatic carbocycles. The van der Waals surface area contributed by atoms with Crippen LogP contribution < -0.4 is 4.74 Å². The molecule has 0 unspecified atom stereocenters. The fourth-order valence-electron chi connectivity index (χ4n) is 1.60. The Bertz CT molecular complexity index is 613. The molecule has 0 spiro atoms. The smallest absolute Gasteiger partial charge is 0.341 e. The third-order valence-corrected chi connectivity index (χ3v) is 2.78. The Morgan fingerprint density at radius 1 is 1.42 bits per heavy atom. The number of aromatic nitrogens is 1. The topological polar surface area (TPSA) is 59.4 Å². The first kappa shape index (κ1) is 13.4. The Hall–Kier alpha value is -2.07. The van der Waals surface area contributed by atoms with E-state index in [1.807, 2.05) is 25.1 Å². The predicted octanol–water partition coefficient (Wildman–Crippen LogP) is 3.79. The molecule has 1 aromatic heterocycles. The molecule has 4 nitrogen and oxygen atoms in total. The van der Waals surface area contributed by atoms with Crippen molar-refractivity contribution in [2.45, 2.75) is 13.3 Å². The van der Waals surface area contributed by atoms with E-state index in [4.69, 9.17) is 21.4 Å². The van der Waals surface area contributed by atoms with E-state index in [-0.39, 0.29) is 16.5 Å². The van der Waals surface area contributed by atoms with Crippen LogP contribution in [0.2, 0.25) is 5.02 Å². The van der Waals surface area contributed by atoms with E-state index < -0.39 is 5.97 Å². The number of benzene rings is 1. The number of rotatable bonds is 4. The fraction of sp³-hybridized carbons (Fsp3) is 0.143. The number of carboxylic acid groups (broad SMARTS) is 1. The SMILES string of the molecule is CCc1cccc(Oc2ncc(Cl)cc2C(=O)O)c1. The number of nitrogens with zero attached hydrogens (tertiary/aromatic N) is 1. The molecule has 98 valence electrons. The zero-order valence-electron chi connectivity index (χ0n) is 10.3. The maximum Gasteiger partial charge on any atom is 0.341 e. The zero-order chi connectivity index (χ0) is 13.8. The second-order valence-corrected chi connectivity index (χ2v) is 4.35. The van der Waals surface area contributed by atoms with E-state index in [0.717, 1.165) is 12.0 Å². The lowest BCUT2D eigenvalue weighted by molar-refractivity contribution is 0.0693. The second-order valence-electron chi connectivity index (χ2n) is 3.91. The molecule has 0 aliphatic rings. The quantitative estimate of drug-likeness (QED) is 0.924. The number of ether oxygens (including phenoxy) is 1. The maximum absolute atomic E-state index is 11.1. The number of hydrogen-bond donors (Lipinski definition) is 1. The molecule has 5 heteroatoms. The lowest BCUT2D eigenvalue weighted by atomic mass is 10.2. The van der Waals surface area contributed by atoms with Crippen LogP contribution in [-0.4, -0.2) is 16.1 Å². The van der Waals surface area contributed by atoms with Gasteiger partial charge in [0.05, 0.1) is 5.02 Å². The average Bonchev–Trinajstić information content (AvgIpc) is 2.41. The van der Waals surface area contributed by atoms with E-state index in [9.17, 15) is 4.79 Å². The van der Waals surface area contributed by atoms with Crippen LogP contribution in [0.25, 0.3) is 0 Å². The predicted molar refractivity (Wildman–Crippen MR) is 72.1 cm³/mol. The molecule has 0 aliphatic heterocycles. The summed E-state index contributed by atoms with van der Waals surface area (Å²) >= 11 is 5.73. The molecule has 2 rings (SSSR count). The molecule has 1 heterocycles. The standard InChI is InChI=1S/C14H12ClNO3/c1-2-9-4-3-5-11(6-9)19-13-12(14(17)18)7-10(15)8-16-13/h3-8H,2H2,1H3,(H,17,18). The lowest BCUT2D eigenvalue weighted by Gasteiger charge is -2.08. The van der Waals surface area contributed by atoms with Gasteiger partial charge in [0.2, 0.25) is 5.88 Å². The summed E-state index contributed by atoms with van der Waals surface area (Å²) in [5.41, 5.74) is 1.04. The van der Waals surface area contributed by atoms with Crippen molar-refractivity contribution in [3.8, 4) is 11.6 Å². The highest BCUT2D eigenvalue weighted by Gasteiger charge is 2.14. The van der Waals surface area contributed by atoms with Gasteiger partial charge in [-0.1, -0.05) is 30.7 Å². The highest BCUT2D eigenvalue weighted by atomic mass is 35.5. The van der Waals surface area contributed by atoms with E-state index in [1.54, 1.807) is 6.07 Å². The minimum Gasteiger partial charge on any atom is -0.477 e. The molecule has 0 amide bonds. The normalized spacial score (nSPS) is 10.2. The molecule has 0 radical (unpaired) electrons. The van der Waals surface area contributed by atoms with E-state index in [1.165, 1.54) is 12.3 Å². The van der Waals surface area contributed by atoms with Crippen LogP contribution >= 0.6 is 11.6 Å². The van der Waals surface area contributed by atoms with Crippen molar-refractivity contribution in [3.63, 3.8) is 0 Å². The summed E-state index contributed by atoms with van der Waals surface area (Å²) in [6, 6.07) is 8.74. The minimum atomic E-state index is -1.13. The van der Waals surface area contributed by atoms with E-state index >= 15 is 0 Å². The molecule has 0 fully saturated rings. The Kier molecular flexibility index (Phi) is 4.02. The maximum atomic E-state index is 11.1. The number of hydrogen-bond acceptors (Lipinski definition) is 3. The van der Waals surface area contributed by atoms with Gasteiger partial charge in [0.1, 0.15) is 11.3 Å². The van der Waals surface area contributed by atoms with Gasteiger partial charge in [-0.15, -0.1) is 0 Å². The van der Waals surface area contributed by atoms with Gasteiger partial charge in [-0.2, -0.15) is 0 Å². The first-order chi connectivity index (χ1) is 9.10. The van der Waals surface area contributed by atoms with Crippen LogP contribution in [0.15, 0.2) is 36.5 Å². The van der Waals surface area contributed by atoms with E-state index in [0.29, 0.717) is 5.75 Å². The molecule has 0 atom stereocenters. The average molecular weight is 278 g/mol. The number of aromatic carboxylic acids is 1. The van der Waals surface area contributed by atoms with Crippen LogP contribution in [0.5, 0.6) is 11.6 Å². The number of carboxylic acids is 1. The third kappa shape index (κ3) is 3.23. The van der Waals surface area contributed by atoms with Gasteiger partial charge in [0, 0.05) is 6.20 Å². The van der Waals surface area contributed by atoms with Crippen LogP contribution in [-0.2, 0) is 6.42 Å². The summed E-state index contributed by atoms with van der Waals surface area (Å²) in [5, 5.41) is 9.35. The van der Waals surface area contributed by atoms with Gasteiger partial charge >= 0.3 is 5.97 Å². The van der Waals surface area contributed by atoms with Crippen molar-refractivity contribution in [2.75, 3.05) is 0 Å². The number of aryl methyl sites for hydroxylation is 1. The van der Waals surface area contributed by atoms with Crippen LogP contribution in [0.1, 0.15) is 22.8 Å². The molecule has 0 bridgehead atoms. The summed E-state index contributed by atoms with van der Waals surface area (Å²) in [5.74, 6) is -0.543. The molecule has 1 aromatic carbocycles. The molecule has 19 heavy (non-hydrogen) atoms. The first-order valence-electron chi connectivity index (χ1n) is 5.75. The van der Waals surface area contributed by atoms with Crippen molar-refractivity contribution < 1.29 is 14.6 Å². The first-order valence-corrected chi connectivity index (χ1v) is 6.13. The van der Waals surface area contributed by atoms with Crippen molar-refractivity contribution in [1.82, 2.24) is 4.98 Å². The molecular weight excluding hydrogens is 266 g/mol. The number of halogens is 1. The summed E-state index contributed by atoms with van der Waals surface area (Å²) < 4.78 is 5.52. The second kappa shape index (κ2) is 5.71. The summed E-state index contributed by atoms with van der Waals surface area (Å²) in [6.07, 6.45) is 2.23. The van der Waals surface area contributed by atoms with Crippen LogP contribution in [0.3, 0.4) is 0 Å². The van der Waals surface area contributed by atoms with Gasteiger partial charge in [0.15, 0.2) is 0 Å². The third-order valence-electron chi connectivity index (χ3n) is 2.57. The largest absolute Gasteiger partial charge is 0.477 e. The molecule has 0 saturated carbocycles. The Morgan fingerprint density at radius 3 is 2.89 bits per heavy atom. The highest BCUT2D eigenvalue weighted by molar-refractivity contribution is 6.30. The van der Waals surface area contributed by atoms with Crippen LogP contribution in [0.4, 0.5) is 0 Å². The zero-order valence-corrected chi connectivity index (χ0v) is 11.0. The minimum absolute atomic E-state index is 0.0325. The van der Waals surface area contributed by atoms with Gasteiger partial charge in [-0.25, -0.2) is 9.78 Å².